The van der Waals surface area contributed by atoms with Gasteiger partial charge >= 0.3 is 0 Å². The van der Waals surface area contributed by atoms with Crippen LogP contribution in [0.4, 0.5) is 0 Å². The van der Waals surface area contributed by atoms with Gasteiger partial charge < -0.3 is 10.0 Å². The standard InChI is InChI=1S/C16H21NO2S/c1-11-6-4-8-17(13(11)3)16(19)15-10-12(2)14(20-15)7-5-9-18/h10-11,13,18H,4,6,8-9H2,1-3H3. The van der Waals surface area contributed by atoms with E-state index in [0.29, 0.717) is 12.0 Å². The van der Waals surface area contributed by atoms with E-state index in [1.165, 1.54) is 17.8 Å². The van der Waals surface area contributed by atoms with Gasteiger partial charge in [-0.05, 0) is 44.2 Å². The first kappa shape index (κ1) is 15.1. The lowest BCUT2D eigenvalue weighted by molar-refractivity contribution is 0.0556. The van der Waals surface area contributed by atoms with Crippen LogP contribution in [-0.2, 0) is 0 Å². The van der Waals surface area contributed by atoms with Crippen LogP contribution in [0.3, 0.4) is 0 Å². The summed E-state index contributed by atoms with van der Waals surface area (Å²) in [6.45, 7) is 6.99. The number of nitrogens with zero attached hydrogens (tertiary/aromatic N) is 1. The molecule has 108 valence electrons. The van der Waals surface area contributed by atoms with Gasteiger partial charge in [0.15, 0.2) is 0 Å². The quantitative estimate of drug-likeness (QED) is 0.808. The number of thiophene rings is 1. The molecule has 1 aromatic heterocycles. The first-order valence-electron chi connectivity index (χ1n) is 7.05. The van der Waals surface area contributed by atoms with E-state index in [0.717, 1.165) is 28.3 Å². The lowest BCUT2D eigenvalue weighted by Crippen LogP contribution is -2.45. The smallest absolute Gasteiger partial charge is 0.264 e. The van der Waals surface area contributed by atoms with E-state index in [-0.39, 0.29) is 12.5 Å². The van der Waals surface area contributed by atoms with Crippen LogP contribution in [0.5, 0.6) is 0 Å². The fraction of sp³-hybridized carbons (Fsp3) is 0.562. The second-order valence-electron chi connectivity index (χ2n) is 5.44. The van der Waals surface area contributed by atoms with Gasteiger partial charge in [0.2, 0.25) is 0 Å². The van der Waals surface area contributed by atoms with Crippen LogP contribution >= 0.6 is 11.3 Å². The van der Waals surface area contributed by atoms with Gasteiger partial charge in [0, 0.05) is 12.6 Å². The molecule has 2 heterocycles. The molecule has 2 atom stereocenters. The predicted octanol–water partition coefficient (Wildman–Crippen LogP) is 2.66. The average molecular weight is 291 g/mol. The Morgan fingerprint density at radius 3 is 3.00 bits per heavy atom. The maximum atomic E-state index is 12.6. The molecule has 3 nitrogen and oxygen atoms in total. The Hall–Kier alpha value is -1.31. The minimum absolute atomic E-state index is 0.120. The number of carbonyl (C=O) groups is 1. The molecule has 2 rings (SSSR count). The SMILES string of the molecule is Cc1cc(C(=O)N2CCCC(C)C2C)sc1C#CCO. The molecule has 4 heteroatoms. The Morgan fingerprint density at radius 1 is 1.55 bits per heavy atom. The van der Waals surface area contributed by atoms with E-state index >= 15 is 0 Å². The van der Waals surface area contributed by atoms with E-state index < -0.39 is 0 Å². The summed E-state index contributed by atoms with van der Waals surface area (Å²) in [5.74, 6) is 6.23. The highest BCUT2D eigenvalue weighted by Gasteiger charge is 2.29. The Balaban J connectivity index is 2.21. The molecule has 0 spiro atoms. The van der Waals surface area contributed by atoms with E-state index in [2.05, 4.69) is 25.7 Å². The summed E-state index contributed by atoms with van der Waals surface area (Å²) in [6, 6.07) is 2.21. The summed E-state index contributed by atoms with van der Waals surface area (Å²) in [4.78, 5) is 16.3. The van der Waals surface area contributed by atoms with Crippen LogP contribution in [0.15, 0.2) is 6.07 Å². The molecule has 1 aliphatic rings. The molecule has 0 saturated carbocycles. The third kappa shape index (κ3) is 3.05. The number of hydrogen-bond donors (Lipinski definition) is 1. The molecule has 0 radical (unpaired) electrons. The first-order valence-corrected chi connectivity index (χ1v) is 7.87. The topological polar surface area (TPSA) is 40.5 Å². The van der Waals surface area contributed by atoms with Crippen molar-refractivity contribution in [3.05, 3.63) is 21.4 Å². The van der Waals surface area contributed by atoms with Gasteiger partial charge in [0.1, 0.15) is 6.61 Å². The number of carbonyl (C=O) groups excluding carboxylic acids is 1. The number of rotatable bonds is 1. The van der Waals surface area contributed by atoms with Crippen LogP contribution in [0, 0.1) is 24.7 Å². The van der Waals surface area contributed by atoms with Crippen molar-refractivity contribution in [2.24, 2.45) is 5.92 Å². The van der Waals surface area contributed by atoms with Crippen molar-refractivity contribution in [1.82, 2.24) is 4.90 Å². The second kappa shape index (κ2) is 6.43. The minimum atomic E-state index is -0.151. The zero-order chi connectivity index (χ0) is 14.7. The van der Waals surface area contributed by atoms with E-state index in [4.69, 9.17) is 5.11 Å². The van der Waals surface area contributed by atoms with Crippen LogP contribution in [0.1, 0.15) is 46.8 Å². The Bertz CT molecular complexity index is 553. The number of likely N-dealkylation sites (tertiary alicyclic amines) is 1. The molecule has 20 heavy (non-hydrogen) atoms. The van der Waals surface area contributed by atoms with Crippen molar-refractivity contribution in [2.45, 2.75) is 39.7 Å². The van der Waals surface area contributed by atoms with Gasteiger partial charge in [0.05, 0.1) is 9.75 Å². The third-order valence-corrected chi connectivity index (χ3v) is 5.18. The highest BCUT2D eigenvalue weighted by molar-refractivity contribution is 7.14. The Kier molecular flexibility index (Phi) is 4.85. The number of aliphatic hydroxyl groups is 1. The third-order valence-electron chi connectivity index (χ3n) is 4.04. The summed E-state index contributed by atoms with van der Waals surface area (Å²) in [5.41, 5.74) is 1.01. The zero-order valence-electron chi connectivity index (χ0n) is 12.3. The Morgan fingerprint density at radius 2 is 2.30 bits per heavy atom. The number of piperidine rings is 1. The fourth-order valence-corrected chi connectivity index (χ4v) is 3.60. The molecular formula is C16H21NO2S. The van der Waals surface area contributed by atoms with Gasteiger partial charge in [-0.25, -0.2) is 0 Å². The van der Waals surface area contributed by atoms with Gasteiger partial charge in [0.25, 0.3) is 5.91 Å². The molecule has 1 aliphatic heterocycles. The lowest BCUT2D eigenvalue weighted by atomic mass is 9.92. The van der Waals surface area contributed by atoms with Crippen molar-refractivity contribution < 1.29 is 9.90 Å². The molecule has 1 N–H and O–H groups in total. The first-order chi connectivity index (χ1) is 9.54. The monoisotopic (exact) mass is 291 g/mol. The van der Waals surface area contributed by atoms with Crippen LogP contribution in [0.25, 0.3) is 0 Å². The van der Waals surface area contributed by atoms with Gasteiger partial charge in [-0.15, -0.1) is 11.3 Å². The van der Waals surface area contributed by atoms with E-state index in [9.17, 15) is 4.79 Å². The normalized spacial score (nSPS) is 22.3. The van der Waals surface area contributed by atoms with E-state index in [1.54, 1.807) is 0 Å². The summed E-state index contributed by atoms with van der Waals surface area (Å²) in [5, 5.41) is 8.76. The summed E-state index contributed by atoms with van der Waals surface area (Å²) in [6.07, 6.45) is 2.28. The van der Waals surface area contributed by atoms with Crippen molar-refractivity contribution in [1.29, 1.82) is 0 Å². The second-order valence-corrected chi connectivity index (χ2v) is 6.49. The molecule has 0 aromatic carbocycles. The molecular weight excluding hydrogens is 270 g/mol. The minimum Gasteiger partial charge on any atom is -0.384 e. The van der Waals surface area contributed by atoms with Gasteiger partial charge in [-0.1, -0.05) is 18.8 Å². The maximum absolute atomic E-state index is 12.6. The molecule has 1 saturated heterocycles. The van der Waals surface area contributed by atoms with Gasteiger partial charge in [-0.3, -0.25) is 4.79 Å². The highest BCUT2D eigenvalue weighted by Crippen LogP contribution is 2.28. The van der Waals surface area contributed by atoms with Crippen LogP contribution < -0.4 is 0 Å². The molecule has 1 amide bonds. The maximum Gasteiger partial charge on any atom is 0.264 e. The Labute approximate surface area is 124 Å². The van der Waals surface area contributed by atoms with Crippen molar-refractivity contribution in [2.75, 3.05) is 13.2 Å². The lowest BCUT2D eigenvalue weighted by Gasteiger charge is -2.37. The van der Waals surface area contributed by atoms with Crippen molar-refractivity contribution >= 4 is 17.2 Å². The average Bonchev–Trinajstić information content (AvgIpc) is 2.80. The zero-order valence-corrected chi connectivity index (χ0v) is 13.1. The van der Waals surface area contributed by atoms with Crippen molar-refractivity contribution in [3.8, 4) is 11.8 Å². The molecule has 2 unspecified atom stereocenters. The van der Waals surface area contributed by atoms with E-state index in [1.807, 2.05) is 17.9 Å². The highest BCUT2D eigenvalue weighted by atomic mass is 32.1. The number of hydrogen-bond acceptors (Lipinski definition) is 3. The summed E-state index contributed by atoms with van der Waals surface area (Å²) in [7, 11) is 0. The van der Waals surface area contributed by atoms with Gasteiger partial charge in [-0.2, -0.15) is 0 Å². The van der Waals surface area contributed by atoms with Crippen molar-refractivity contribution in [3.63, 3.8) is 0 Å². The number of aryl methyl sites for hydroxylation is 1. The number of aliphatic hydroxyl groups excluding tert-OH is 1. The van der Waals surface area contributed by atoms with Crippen LogP contribution in [0.2, 0.25) is 0 Å². The number of amides is 1. The fourth-order valence-electron chi connectivity index (χ4n) is 2.60. The largest absolute Gasteiger partial charge is 0.384 e. The predicted molar refractivity (Wildman–Crippen MR) is 81.9 cm³/mol. The molecule has 0 aliphatic carbocycles. The molecule has 0 bridgehead atoms. The van der Waals surface area contributed by atoms with Crippen LogP contribution in [-0.4, -0.2) is 35.1 Å². The summed E-state index contributed by atoms with van der Waals surface area (Å²) < 4.78 is 0. The summed E-state index contributed by atoms with van der Waals surface area (Å²) >= 11 is 1.43. The molecule has 1 fully saturated rings. The molecule has 1 aromatic rings.